The smallest absolute Gasteiger partial charge is 0.274 e. The summed E-state index contributed by atoms with van der Waals surface area (Å²) < 4.78 is 7.58. The van der Waals surface area contributed by atoms with E-state index in [-0.39, 0.29) is 5.91 Å². The molecule has 0 spiro atoms. The molecule has 0 bridgehead atoms. The van der Waals surface area contributed by atoms with Gasteiger partial charge in [0.15, 0.2) is 0 Å². The topological polar surface area (TPSA) is 59.4 Å². The van der Waals surface area contributed by atoms with Crippen molar-refractivity contribution in [2.24, 2.45) is 0 Å². The molecule has 1 amide bonds. The summed E-state index contributed by atoms with van der Waals surface area (Å²) in [5, 5.41) is 7.86. The summed E-state index contributed by atoms with van der Waals surface area (Å²) in [6.45, 7) is 3.21. The lowest BCUT2D eigenvalue weighted by Gasteiger charge is -2.23. The van der Waals surface area contributed by atoms with Crippen LogP contribution in [-0.4, -0.2) is 53.9 Å². The van der Waals surface area contributed by atoms with Gasteiger partial charge in [-0.3, -0.25) is 9.48 Å². The maximum atomic E-state index is 12.5. The molecule has 1 aliphatic rings. The number of piperidine rings is 1. The third kappa shape index (κ3) is 4.82. The van der Waals surface area contributed by atoms with Gasteiger partial charge in [0.05, 0.1) is 12.6 Å². The van der Waals surface area contributed by atoms with Crippen molar-refractivity contribution >= 4 is 5.91 Å². The third-order valence-corrected chi connectivity index (χ3v) is 4.47. The van der Waals surface area contributed by atoms with E-state index >= 15 is 0 Å². The van der Waals surface area contributed by atoms with Gasteiger partial charge in [0, 0.05) is 26.3 Å². The molecule has 1 aliphatic heterocycles. The van der Waals surface area contributed by atoms with Crippen LogP contribution in [0.5, 0.6) is 5.75 Å². The van der Waals surface area contributed by atoms with Crippen LogP contribution in [0.25, 0.3) is 0 Å². The standard InChI is InChI=1S/C19H26N4O2/c1-22(12-6-14-25-17-8-3-2-4-9-17)19(24)18-10-13-23(21-18)16-7-5-11-20-15-16/h2-4,8-10,13,16,20H,5-7,11-12,14-15H2,1H3. The SMILES string of the molecule is CN(CCCOc1ccccc1)C(=O)c1ccn(C2CCCNC2)n1. The normalized spacial score (nSPS) is 17.2. The van der Waals surface area contributed by atoms with Gasteiger partial charge in [0.25, 0.3) is 5.91 Å². The minimum atomic E-state index is -0.0396. The Labute approximate surface area is 148 Å². The van der Waals surface area contributed by atoms with E-state index in [1.807, 2.05) is 54.3 Å². The molecule has 25 heavy (non-hydrogen) atoms. The van der Waals surface area contributed by atoms with Gasteiger partial charge in [0.1, 0.15) is 11.4 Å². The zero-order chi connectivity index (χ0) is 17.5. The van der Waals surface area contributed by atoms with Crippen LogP contribution >= 0.6 is 0 Å². The van der Waals surface area contributed by atoms with Crippen LogP contribution in [0.1, 0.15) is 35.8 Å². The summed E-state index contributed by atoms with van der Waals surface area (Å²) in [4.78, 5) is 14.2. The highest BCUT2D eigenvalue weighted by molar-refractivity contribution is 5.91. The molecule has 2 heterocycles. The first-order chi connectivity index (χ1) is 12.2. The first kappa shape index (κ1) is 17.5. The van der Waals surface area contributed by atoms with Gasteiger partial charge in [-0.15, -0.1) is 0 Å². The minimum absolute atomic E-state index is 0.0396. The number of benzene rings is 1. The number of aromatic nitrogens is 2. The Morgan fingerprint density at radius 2 is 2.20 bits per heavy atom. The van der Waals surface area contributed by atoms with E-state index in [9.17, 15) is 4.79 Å². The highest BCUT2D eigenvalue weighted by atomic mass is 16.5. The third-order valence-electron chi connectivity index (χ3n) is 4.47. The second kappa shape index (κ2) is 8.67. The lowest BCUT2D eigenvalue weighted by atomic mass is 10.1. The highest BCUT2D eigenvalue weighted by Gasteiger charge is 2.19. The number of carbonyl (C=O) groups is 1. The lowest BCUT2D eigenvalue weighted by Crippen LogP contribution is -2.32. The molecule has 2 aromatic rings. The predicted molar refractivity (Wildman–Crippen MR) is 96.9 cm³/mol. The van der Waals surface area contributed by atoms with E-state index in [1.165, 1.54) is 0 Å². The van der Waals surface area contributed by atoms with Crippen molar-refractivity contribution in [3.8, 4) is 5.75 Å². The summed E-state index contributed by atoms with van der Waals surface area (Å²) in [6.07, 6.45) is 4.95. The van der Waals surface area contributed by atoms with Crippen molar-refractivity contribution < 1.29 is 9.53 Å². The number of nitrogens with zero attached hydrogens (tertiary/aromatic N) is 3. The Bertz CT molecular complexity index is 665. The average molecular weight is 342 g/mol. The number of rotatable bonds is 7. The molecule has 134 valence electrons. The number of hydrogen-bond donors (Lipinski definition) is 1. The zero-order valence-electron chi connectivity index (χ0n) is 14.7. The van der Waals surface area contributed by atoms with Crippen LogP contribution in [0.4, 0.5) is 0 Å². The molecule has 1 saturated heterocycles. The molecular weight excluding hydrogens is 316 g/mol. The average Bonchev–Trinajstić information content (AvgIpc) is 3.16. The maximum Gasteiger partial charge on any atom is 0.274 e. The van der Waals surface area contributed by atoms with E-state index in [2.05, 4.69) is 10.4 Å². The van der Waals surface area contributed by atoms with Gasteiger partial charge in [-0.05, 0) is 44.0 Å². The van der Waals surface area contributed by atoms with Crippen molar-refractivity contribution in [1.29, 1.82) is 0 Å². The summed E-state index contributed by atoms with van der Waals surface area (Å²) in [7, 11) is 1.81. The fraction of sp³-hybridized carbons (Fsp3) is 0.474. The van der Waals surface area contributed by atoms with Crippen molar-refractivity contribution in [1.82, 2.24) is 20.0 Å². The summed E-state index contributed by atoms with van der Waals surface area (Å²) >= 11 is 0. The van der Waals surface area contributed by atoms with Crippen molar-refractivity contribution in [3.63, 3.8) is 0 Å². The minimum Gasteiger partial charge on any atom is -0.494 e. The molecule has 1 atom stereocenters. The summed E-state index contributed by atoms with van der Waals surface area (Å²) in [6, 6.07) is 11.9. The predicted octanol–water partition coefficient (Wildman–Crippen LogP) is 2.35. The van der Waals surface area contributed by atoms with Gasteiger partial charge in [-0.1, -0.05) is 18.2 Å². The zero-order valence-corrected chi connectivity index (χ0v) is 14.7. The Morgan fingerprint density at radius 1 is 1.36 bits per heavy atom. The number of amides is 1. The second-order valence-electron chi connectivity index (χ2n) is 6.42. The van der Waals surface area contributed by atoms with Crippen LogP contribution < -0.4 is 10.1 Å². The largest absolute Gasteiger partial charge is 0.494 e. The fourth-order valence-corrected chi connectivity index (χ4v) is 3.02. The van der Waals surface area contributed by atoms with Crippen molar-refractivity contribution in [2.45, 2.75) is 25.3 Å². The fourth-order valence-electron chi connectivity index (χ4n) is 3.02. The number of ether oxygens (including phenoxy) is 1. The van der Waals surface area contributed by atoms with Gasteiger partial charge in [0.2, 0.25) is 0 Å². The van der Waals surface area contributed by atoms with Crippen LogP contribution in [0.3, 0.4) is 0 Å². The second-order valence-corrected chi connectivity index (χ2v) is 6.42. The number of para-hydroxylation sites is 1. The van der Waals surface area contributed by atoms with E-state index < -0.39 is 0 Å². The van der Waals surface area contributed by atoms with Crippen molar-refractivity contribution in [3.05, 3.63) is 48.3 Å². The van der Waals surface area contributed by atoms with Crippen molar-refractivity contribution in [2.75, 3.05) is 33.3 Å². The van der Waals surface area contributed by atoms with E-state index in [0.29, 0.717) is 24.9 Å². The molecule has 6 heteroatoms. The number of carbonyl (C=O) groups excluding carboxylic acids is 1. The van der Waals surface area contributed by atoms with Gasteiger partial charge in [-0.2, -0.15) is 5.10 Å². The van der Waals surface area contributed by atoms with Gasteiger partial charge >= 0.3 is 0 Å². The first-order valence-corrected chi connectivity index (χ1v) is 8.93. The van der Waals surface area contributed by atoms with E-state index in [0.717, 1.165) is 38.1 Å². The highest BCUT2D eigenvalue weighted by Crippen LogP contribution is 2.16. The molecule has 6 nitrogen and oxygen atoms in total. The molecule has 0 radical (unpaired) electrons. The molecule has 0 saturated carbocycles. The van der Waals surface area contributed by atoms with Gasteiger partial charge < -0.3 is 15.0 Å². The van der Waals surface area contributed by atoms with Gasteiger partial charge in [-0.25, -0.2) is 0 Å². The number of nitrogens with one attached hydrogen (secondary N) is 1. The van der Waals surface area contributed by atoms with E-state index in [4.69, 9.17) is 4.74 Å². The van der Waals surface area contributed by atoms with Crippen LogP contribution in [0.15, 0.2) is 42.6 Å². The van der Waals surface area contributed by atoms with Crippen LogP contribution in [-0.2, 0) is 0 Å². The lowest BCUT2D eigenvalue weighted by molar-refractivity contribution is 0.0780. The molecule has 0 aliphatic carbocycles. The molecule has 1 fully saturated rings. The Kier molecular flexibility index (Phi) is 6.06. The molecule has 1 N–H and O–H groups in total. The van der Waals surface area contributed by atoms with Crippen LogP contribution in [0, 0.1) is 0 Å². The summed E-state index contributed by atoms with van der Waals surface area (Å²) in [5.41, 5.74) is 0.511. The molecule has 1 aromatic heterocycles. The maximum absolute atomic E-state index is 12.5. The monoisotopic (exact) mass is 342 g/mol. The Hall–Kier alpha value is -2.34. The Balaban J connectivity index is 1.44. The van der Waals surface area contributed by atoms with E-state index in [1.54, 1.807) is 4.90 Å². The van der Waals surface area contributed by atoms with Crippen LogP contribution in [0.2, 0.25) is 0 Å². The molecular formula is C19H26N4O2. The molecule has 3 rings (SSSR count). The molecule has 1 aromatic carbocycles. The number of hydrogen-bond acceptors (Lipinski definition) is 4. The Morgan fingerprint density at radius 3 is 2.96 bits per heavy atom. The summed E-state index contributed by atoms with van der Waals surface area (Å²) in [5.74, 6) is 0.818. The quantitative estimate of drug-likeness (QED) is 0.785. The first-order valence-electron chi connectivity index (χ1n) is 8.93. The molecule has 1 unspecified atom stereocenters.